The summed E-state index contributed by atoms with van der Waals surface area (Å²) in [6.07, 6.45) is 5.71. The Bertz CT molecular complexity index is 1440. The van der Waals surface area contributed by atoms with Gasteiger partial charge in [-0.2, -0.15) is 0 Å². The number of piperidine rings is 1. The maximum absolute atomic E-state index is 15.0. The number of hydrogen-bond donors (Lipinski definition) is 1. The van der Waals surface area contributed by atoms with Crippen LogP contribution in [0.15, 0.2) is 48.5 Å². The van der Waals surface area contributed by atoms with Gasteiger partial charge >= 0.3 is 0 Å². The molecule has 4 rings (SSSR count). The summed E-state index contributed by atoms with van der Waals surface area (Å²) in [4.78, 5) is 30.4. The number of carbonyl (C=O) groups excluding carboxylic acids is 2. The molecule has 6 nitrogen and oxygen atoms in total. The Kier molecular flexibility index (Phi) is 11.7. The molecule has 2 aromatic carbocycles. The van der Waals surface area contributed by atoms with Crippen LogP contribution in [0.3, 0.4) is 0 Å². The van der Waals surface area contributed by atoms with Crippen LogP contribution in [-0.4, -0.2) is 48.2 Å². The lowest BCUT2D eigenvalue weighted by Gasteiger charge is -2.53. The van der Waals surface area contributed by atoms with Gasteiger partial charge < -0.3 is 10.2 Å². The van der Waals surface area contributed by atoms with E-state index in [1.54, 1.807) is 26.0 Å². The summed E-state index contributed by atoms with van der Waals surface area (Å²) in [6.45, 7) is 11.4. The monoisotopic (exact) mass is 676 g/mol. The van der Waals surface area contributed by atoms with Gasteiger partial charge in [0.2, 0.25) is 11.8 Å². The van der Waals surface area contributed by atoms with Gasteiger partial charge in [0, 0.05) is 34.5 Å². The van der Waals surface area contributed by atoms with Crippen molar-refractivity contribution in [2.45, 2.75) is 116 Å². The van der Waals surface area contributed by atoms with Crippen LogP contribution in [-0.2, 0) is 19.4 Å². The largest absolute Gasteiger partial charge is 0.353 e. The molecule has 1 aliphatic carbocycles. The molecule has 4 atom stereocenters. The summed E-state index contributed by atoms with van der Waals surface area (Å²) in [5.74, 6) is -0.184. The standard InChI is InChI=1S/C36H50Cl2N2O4S/c1-7-25-11-17-30(18-12-25)39-33(41)21-36(6)20-31(27-9-8-10-29(38)19-27)34(26-13-15-28(37)16-14-26)40(35(36)42)32(23(2)3)22-45(43,44)24(4)5/h8-10,13-16,19,23-25,30-32,34H,7,11-12,17-18,20-22H2,1-6H3,(H,39,41)/t25?,30?,31-,32-,34-,36-/m1/s1. The van der Waals surface area contributed by atoms with Crippen molar-refractivity contribution in [2.24, 2.45) is 17.3 Å². The van der Waals surface area contributed by atoms with Crippen molar-refractivity contribution in [1.82, 2.24) is 10.2 Å². The molecule has 2 aliphatic rings. The zero-order valence-corrected chi connectivity index (χ0v) is 29.9. The smallest absolute Gasteiger partial charge is 0.229 e. The van der Waals surface area contributed by atoms with E-state index in [0.29, 0.717) is 22.4 Å². The summed E-state index contributed by atoms with van der Waals surface area (Å²) < 4.78 is 26.9. The molecule has 0 radical (unpaired) electrons. The molecule has 1 heterocycles. The van der Waals surface area contributed by atoms with Gasteiger partial charge in [-0.25, -0.2) is 8.42 Å². The number of sulfone groups is 1. The van der Waals surface area contributed by atoms with Gasteiger partial charge in [0.05, 0.1) is 22.5 Å². The van der Waals surface area contributed by atoms with Crippen LogP contribution in [0.5, 0.6) is 0 Å². The molecular weight excluding hydrogens is 627 g/mol. The molecule has 2 amide bonds. The first kappa shape index (κ1) is 35.8. The van der Waals surface area contributed by atoms with Crippen LogP contribution >= 0.6 is 23.2 Å². The van der Waals surface area contributed by atoms with E-state index in [0.717, 1.165) is 43.2 Å². The molecule has 0 spiro atoms. The normalized spacial score (nSPS) is 26.7. The first-order chi connectivity index (χ1) is 21.1. The zero-order valence-electron chi connectivity index (χ0n) is 27.6. The Morgan fingerprint density at radius 2 is 1.62 bits per heavy atom. The quantitative estimate of drug-likeness (QED) is 0.259. The van der Waals surface area contributed by atoms with Crippen molar-refractivity contribution in [3.05, 3.63) is 69.7 Å². The molecule has 9 heteroatoms. The highest BCUT2D eigenvalue weighted by Crippen LogP contribution is 2.52. The van der Waals surface area contributed by atoms with E-state index < -0.39 is 32.6 Å². The summed E-state index contributed by atoms with van der Waals surface area (Å²) in [5.41, 5.74) is 0.748. The van der Waals surface area contributed by atoms with E-state index in [-0.39, 0.29) is 41.9 Å². The van der Waals surface area contributed by atoms with E-state index in [2.05, 4.69) is 12.2 Å². The number of nitrogens with one attached hydrogen (secondary N) is 1. The average Bonchev–Trinajstić information content (AvgIpc) is 2.98. The SMILES string of the molecule is CCC1CCC(NC(=O)C[C@@]2(C)C[C@H](c3cccc(Cl)c3)[C@@H](c3ccc(Cl)cc3)N([C@H](CS(=O)(=O)C(C)C)C(C)C)C2=O)CC1. The van der Waals surface area contributed by atoms with Crippen molar-refractivity contribution in [2.75, 3.05) is 5.75 Å². The van der Waals surface area contributed by atoms with Gasteiger partial charge in [-0.3, -0.25) is 9.59 Å². The Morgan fingerprint density at radius 3 is 2.18 bits per heavy atom. The van der Waals surface area contributed by atoms with Crippen molar-refractivity contribution < 1.29 is 18.0 Å². The maximum atomic E-state index is 15.0. The predicted molar refractivity (Wildman–Crippen MR) is 184 cm³/mol. The number of halogens is 2. The van der Waals surface area contributed by atoms with Gasteiger partial charge in [0.1, 0.15) is 0 Å². The minimum Gasteiger partial charge on any atom is -0.353 e. The second kappa shape index (κ2) is 14.8. The predicted octanol–water partition coefficient (Wildman–Crippen LogP) is 8.38. The van der Waals surface area contributed by atoms with Crippen LogP contribution in [0.4, 0.5) is 0 Å². The van der Waals surface area contributed by atoms with E-state index in [1.165, 1.54) is 0 Å². The van der Waals surface area contributed by atoms with E-state index in [4.69, 9.17) is 23.2 Å². The molecule has 45 heavy (non-hydrogen) atoms. The fourth-order valence-electron chi connectivity index (χ4n) is 7.28. The number of likely N-dealkylation sites (tertiary alicyclic amines) is 1. The molecule has 1 N–H and O–H groups in total. The molecule has 2 aromatic rings. The summed E-state index contributed by atoms with van der Waals surface area (Å²) in [7, 11) is -3.52. The van der Waals surface area contributed by atoms with E-state index >= 15 is 0 Å². The highest BCUT2D eigenvalue weighted by atomic mass is 35.5. The molecule has 0 aromatic heterocycles. The first-order valence-electron chi connectivity index (χ1n) is 16.5. The van der Waals surface area contributed by atoms with Gasteiger partial charge in [-0.05, 0) is 93.2 Å². The van der Waals surface area contributed by atoms with Gasteiger partial charge in [-0.1, -0.05) is 81.6 Å². The van der Waals surface area contributed by atoms with Crippen LogP contribution in [0.25, 0.3) is 0 Å². The Hall–Kier alpha value is -2.09. The third-order valence-corrected chi connectivity index (χ3v) is 12.9. The summed E-state index contributed by atoms with van der Waals surface area (Å²) in [5, 5.41) is 3.81. The highest BCUT2D eigenvalue weighted by molar-refractivity contribution is 7.92. The van der Waals surface area contributed by atoms with Crippen molar-refractivity contribution in [3.63, 3.8) is 0 Å². The third-order valence-electron chi connectivity index (χ3n) is 10.2. The average molecular weight is 678 g/mol. The van der Waals surface area contributed by atoms with Crippen molar-refractivity contribution >= 4 is 44.9 Å². The molecule has 0 bridgehead atoms. The van der Waals surface area contributed by atoms with Crippen molar-refractivity contribution in [1.29, 1.82) is 0 Å². The van der Waals surface area contributed by atoms with Crippen molar-refractivity contribution in [3.8, 4) is 0 Å². The molecule has 2 fully saturated rings. The van der Waals surface area contributed by atoms with E-state index in [9.17, 15) is 18.0 Å². The summed E-state index contributed by atoms with van der Waals surface area (Å²) in [6, 6.07) is 14.1. The molecule has 1 aliphatic heterocycles. The Morgan fingerprint density at radius 1 is 0.978 bits per heavy atom. The molecule has 248 valence electrons. The van der Waals surface area contributed by atoms with Crippen LogP contribution in [0.1, 0.15) is 110 Å². The topological polar surface area (TPSA) is 83.6 Å². The third kappa shape index (κ3) is 8.44. The number of rotatable bonds is 11. The second-order valence-electron chi connectivity index (χ2n) is 14.2. The van der Waals surface area contributed by atoms with Gasteiger partial charge in [-0.15, -0.1) is 0 Å². The van der Waals surface area contributed by atoms with Crippen LogP contribution in [0.2, 0.25) is 10.0 Å². The zero-order chi connectivity index (χ0) is 33.1. The minimum atomic E-state index is -3.52. The first-order valence-corrected chi connectivity index (χ1v) is 19.0. The van der Waals surface area contributed by atoms with Gasteiger partial charge in [0.15, 0.2) is 9.84 Å². The number of amides is 2. The minimum absolute atomic E-state index is 0.0299. The number of hydrogen-bond acceptors (Lipinski definition) is 4. The Labute approximate surface area is 280 Å². The van der Waals surface area contributed by atoms with E-state index in [1.807, 2.05) is 62.1 Å². The summed E-state index contributed by atoms with van der Waals surface area (Å²) >= 11 is 12.8. The fourth-order valence-corrected chi connectivity index (χ4v) is 9.01. The molecule has 0 unspecified atom stereocenters. The molecule has 1 saturated carbocycles. The maximum Gasteiger partial charge on any atom is 0.229 e. The Balaban J connectivity index is 1.80. The van der Waals surface area contributed by atoms with Crippen LogP contribution in [0, 0.1) is 17.3 Å². The molecular formula is C36H50Cl2N2O4S. The number of benzene rings is 2. The van der Waals surface area contributed by atoms with Crippen LogP contribution < -0.4 is 5.32 Å². The second-order valence-corrected chi connectivity index (χ2v) is 17.7. The lowest BCUT2D eigenvalue weighted by molar-refractivity contribution is -0.158. The lowest BCUT2D eigenvalue weighted by Crippen LogP contribution is -2.59. The number of nitrogens with zero attached hydrogens (tertiary/aromatic N) is 1. The fraction of sp³-hybridized carbons (Fsp3) is 0.611. The molecule has 1 saturated heterocycles. The highest BCUT2D eigenvalue weighted by Gasteiger charge is 2.53. The van der Waals surface area contributed by atoms with Gasteiger partial charge in [0.25, 0.3) is 0 Å². The number of carbonyl (C=O) groups is 2. The lowest BCUT2D eigenvalue weighted by atomic mass is 9.66.